The zero-order valence-electron chi connectivity index (χ0n) is 12.5. The van der Waals surface area contributed by atoms with Gasteiger partial charge in [0.2, 0.25) is 17.7 Å². The fraction of sp³-hybridized carbons (Fsp3) is 0.400. The van der Waals surface area contributed by atoms with Gasteiger partial charge in [-0.2, -0.15) is 0 Å². The van der Waals surface area contributed by atoms with E-state index >= 15 is 0 Å². The second-order valence-electron chi connectivity index (χ2n) is 5.38. The highest BCUT2D eigenvalue weighted by Crippen LogP contribution is 2.26. The number of likely N-dealkylation sites (N-methyl/N-ethyl adjacent to an activating group) is 1. The molecule has 0 saturated carbocycles. The van der Waals surface area contributed by atoms with Gasteiger partial charge in [0.15, 0.2) is 0 Å². The molecule has 116 valence electrons. The molecule has 1 aromatic carbocycles. The standard InChI is InChI=1S/C15H17FN4O2/c1-10-17-18-14(22-10)9-19(2)13-7-8-20(15(13)21)12-6-4-3-5-11(12)16/h3-6,13H,7-9H2,1-2H3/t13-/m1/s1. The molecule has 1 aromatic heterocycles. The van der Waals surface area contributed by atoms with Crippen LogP contribution in [-0.2, 0) is 11.3 Å². The van der Waals surface area contributed by atoms with E-state index in [0.29, 0.717) is 37.0 Å². The Hall–Kier alpha value is -2.28. The summed E-state index contributed by atoms with van der Waals surface area (Å²) in [6.07, 6.45) is 0.636. The lowest BCUT2D eigenvalue weighted by Gasteiger charge is -2.22. The highest BCUT2D eigenvalue weighted by atomic mass is 19.1. The minimum Gasteiger partial charge on any atom is -0.424 e. The number of amides is 1. The zero-order valence-corrected chi connectivity index (χ0v) is 12.5. The largest absolute Gasteiger partial charge is 0.424 e. The maximum atomic E-state index is 13.9. The predicted molar refractivity (Wildman–Crippen MR) is 77.7 cm³/mol. The van der Waals surface area contributed by atoms with Gasteiger partial charge < -0.3 is 9.32 Å². The summed E-state index contributed by atoms with van der Waals surface area (Å²) in [5, 5.41) is 7.70. The van der Waals surface area contributed by atoms with Gasteiger partial charge >= 0.3 is 0 Å². The fourth-order valence-electron chi connectivity index (χ4n) is 2.71. The first-order valence-electron chi connectivity index (χ1n) is 7.11. The molecule has 0 radical (unpaired) electrons. The molecule has 1 aliphatic heterocycles. The molecule has 1 atom stereocenters. The summed E-state index contributed by atoms with van der Waals surface area (Å²) in [6, 6.07) is 6.01. The van der Waals surface area contributed by atoms with Crippen molar-refractivity contribution in [2.45, 2.75) is 25.9 Å². The van der Waals surface area contributed by atoms with Crippen LogP contribution in [0.25, 0.3) is 0 Å². The van der Waals surface area contributed by atoms with E-state index in [-0.39, 0.29) is 17.8 Å². The van der Waals surface area contributed by atoms with Crippen LogP contribution in [0.1, 0.15) is 18.2 Å². The van der Waals surface area contributed by atoms with Crippen molar-refractivity contribution in [3.05, 3.63) is 41.9 Å². The van der Waals surface area contributed by atoms with E-state index in [4.69, 9.17) is 4.42 Å². The van der Waals surface area contributed by atoms with Crippen molar-refractivity contribution in [3.8, 4) is 0 Å². The van der Waals surface area contributed by atoms with E-state index in [0.717, 1.165) is 0 Å². The maximum Gasteiger partial charge on any atom is 0.244 e. The average Bonchev–Trinajstić information content (AvgIpc) is 3.06. The molecule has 3 rings (SSSR count). The summed E-state index contributed by atoms with van der Waals surface area (Å²) >= 11 is 0. The SMILES string of the molecule is Cc1nnc(CN(C)[C@@H]2CCN(c3ccccc3F)C2=O)o1. The van der Waals surface area contributed by atoms with Crippen molar-refractivity contribution in [2.24, 2.45) is 0 Å². The average molecular weight is 304 g/mol. The Bertz CT molecular complexity index is 688. The van der Waals surface area contributed by atoms with Crippen molar-refractivity contribution in [3.63, 3.8) is 0 Å². The number of aromatic nitrogens is 2. The second kappa shape index (κ2) is 5.84. The van der Waals surface area contributed by atoms with Gasteiger partial charge in [-0.25, -0.2) is 4.39 Å². The quantitative estimate of drug-likeness (QED) is 0.861. The van der Waals surface area contributed by atoms with Crippen LogP contribution in [0.5, 0.6) is 0 Å². The molecule has 0 aliphatic carbocycles. The first kappa shape index (κ1) is 14.6. The van der Waals surface area contributed by atoms with Crippen LogP contribution in [0, 0.1) is 12.7 Å². The van der Waals surface area contributed by atoms with Crippen LogP contribution in [0.2, 0.25) is 0 Å². The molecule has 0 spiro atoms. The number of anilines is 1. The molecular weight excluding hydrogens is 287 g/mol. The van der Waals surface area contributed by atoms with E-state index < -0.39 is 0 Å². The van der Waals surface area contributed by atoms with Gasteiger partial charge in [0.1, 0.15) is 5.82 Å². The summed E-state index contributed by atoms with van der Waals surface area (Å²) in [4.78, 5) is 15.9. The summed E-state index contributed by atoms with van der Waals surface area (Å²) in [5.74, 6) is 0.474. The lowest BCUT2D eigenvalue weighted by Crippen LogP contribution is -2.39. The van der Waals surface area contributed by atoms with Crippen molar-refractivity contribution in [1.82, 2.24) is 15.1 Å². The number of nitrogens with zero attached hydrogens (tertiary/aromatic N) is 4. The Morgan fingerprint density at radius 1 is 1.41 bits per heavy atom. The van der Waals surface area contributed by atoms with E-state index in [2.05, 4.69) is 10.2 Å². The molecule has 7 heteroatoms. The van der Waals surface area contributed by atoms with E-state index in [1.54, 1.807) is 25.1 Å². The maximum absolute atomic E-state index is 13.9. The van der Waals surface area contributed by atoms with E-state index in [1.165, 1.54) is 11.0 Å². The van der Waals surface area contributed by atoms with Crippen molar-refractivity contribution < 1.29 is 13.6 Å². The number of hydrogen-bond donors (Lipinski definition) is 0. The highest BCUT2D eigenvalue weighted by molar-refractivity contribution is 5.99. The van der Waals surface area contributed by atoms with Crippen LogP contribution in [-0.4, -0.2) is 40.6 Å². The third kappa shape index (κ3) is 2.71. The van der Waals surface area contributed by atoms with Gasteiger partial charge in [-0.3, -0.25) is 9.69 Å². The number of carbonyl (C=O) groups excluding carboxylic acids is 1. The molecule has 2 heterocycles. The van der Waals surface area contributed by atoms with Gasteiger partial charge in [0, 0.05) is 13.5 Å². The van der Waals surface area contributed by atoms with Gasteiger partial charge in [-0.05, 0) is 25.6 Å². The molecular formula is C15H17FN4O2. The number of aryl methyl sites for hydroxylation is 1. The van der Waals surface area contributed by atoms with Gasteiger partial charge in [-0.15, -0.1) is 10.2 Å². The molecule has 22 heavy (non-hydrogen) atoms. The minimum absolute atomic E-state index is 0.108. The van der Waals surface area contributed by atoms with Crippen LogP contribution < -0.4 is 4.90 Å². The Balaban J connectivity index is 1.72. The monoisotopic (exact) mass is 304 g/mol. The molecule has 1 saturated heterocycles. The Labute approximate surface area is 127 Å². The van der Waals surface area contributed by atoms with E-state index in [1.807, 2.05) is 11.9 Å². The first-order chi connectivity index (χ1) is 10.6. The van der Waals surface area contributed by atoms with Crippen molar-refractivity contribution in [2.75, 3.05) is 18.5 Å². The third-order valence-electron chi connectivity index (χ3n) is 3.81. The van der Waals surface area contributed by atoms with Gasteiger partial charge in [0.25, 0.3) is 0 Å². The van der Waals surface area contributed by atoms with Crippen molar-refractivity contribution in [1.29, 1.82) is 0 Å². The van der Waals surface area contributed by atoms with Crippen LogP contribution >= 0.6 is 0 Å². The number of halogens is 1. The smallest absolute Gasteiger partial charge is 0.244 e. The summed E-state index contributed by atoms with van der Waals surface area (Å²) in [7, 11) is 1.83. The highest BCUT2D eigenvalue weighted by Gasteiger charge is 2.36. The first-order valence-corrected chi connectivity index (χ1v) is 7.11. The zero-order chi connectivity index (χ0) is 15.7. The second-order valence-corrected chi connectivity index (χ2v) is 5.38. The summed E-state index contributed by atoms with van der Waals surface area (Å²) in [6.45, 7) is 2.61. The number of hydrogen-bond acceptors (Lipinski definition) is 5. The molecule has 0 unspecified atom stereocenters. The normalized spacial score (nSPS) is 18.5. The Morgan fingerprint density at radius 2 is 2.18 bits per heavy atom. The van der Waals surface area contributed by atoms with Crippen LogP contribution in [0.3, 0.4) is 0 Å². The van der Waals surface area contributed by atoms with Crippen LogP contribution in [0.15, 0.2) is 28.7 Å². The number of benzene rings is 1. The molecule has 2 aromatic rings. The summed E-state index contributed by atoms with van der Waals surface area (Å²) in [5.41, 5.74) is 0.331. The topological polar surface area (TPSA) is 62.5 Å². The molecule has 0 bridgehead atoms. The third-order valence-corrected chi connectivity index (χ3v) is 3.81. The summed E-state index contributed by atoms with van der Waals surface area (Å²) < 4.78 is 19.2. The number of rotatable bonds is 4. The minimum atomic E-state index is -0.383. The molecule has 0 N–H and O–H groups in total. The molecule has 1 amide bonds. The molecule has 1 aliphatic rings. The Kier molecular flexibility index (Phi) is 3.89. The van der Waals surface area contributed by atoms with Gasteiger partial charge in [-0.1, -0.05) is 12.1 Å². The Morgan fingerprint density at radius 3 is 2.86 bits per heavy atom. The number of carbonyl (C=O) groups is 1. The fourth-order valence-corrected chi connectivity index (χ4v) is 2.71. The van der Waals surface area contributed by atoms with Gasteiger partial charge in [0.05, 0.1) is 18.3 Å². The lowest BCUT2D eigenvalue weighted by atomic mass is 10.2. The van der Waals surface area contributed by atoms with E-state index in [9.17, 15) is 9.18 Å². The van der Waals surface area contributed by atoms with Crippen LogP contribution in [0.4, 0.5) is 10.1 Å². The molecule has 6 nitrogen and oxygen atoms in total. The van der Waals surface area contributed by atoms with Crippen molar-refractivity contribution >= 4 is 11.6 Å². The number of para-hydroxylation sites is 1. The lowest BCUT2D eigenvalue weighted by molar-refractivity contribution is -0.121. The predicted octanol–water partition coefficient (Wildman–Crippen LogP) is 1.75. The molecule has 1 fully saturated rings.